The van der Waals surface area contributed by atoms with Gasteiger partial charge in [0.1, 0.15) is 4.84 Å². The molecule has 0 heterocycles. The van der Waals surface area contributed by atoms with Crippen LogP contribution in [-0.4, -0.2) is 16.0 Å². The van der Waals surface area contributed by atoms with E-state index in [-0.39, 0.29) is 0 Å². The molecule has 72 valence electrons. The summed E-state index contributed by atoms with van der Waals surface area (Å²) in [5.41, 5.74) is 1.19. The van der Waals surface area contributed by atoms with E-state index in [4.69, 9.17) is 23.2 Å². The number of rotatable bonds is 4. The van der Waals surface area contributed by atoms with E-state index in [9.17, 15) is 5.11 Å². The van der Waals surface area contributed by atoms with Crippen molar-refractivity contribution in [2.24, 2.45) is 0 Å². The fourth-order valence-corrected chi connectivity index (χ4v) is 1.34. The van der Waals surface area contributed by atoms with Crippen LogP contribution in [0.4, 0.5) is 0 Å². The van der Waals surface area contributed by atoms with Gasteiger partial charge in [-0.25, -0.2) is 0 Å². The van der Waals surface area contributed by atoms with Gasteiger partial charge in [-0.2, -0.15) is 0 Å². The van der Waals surface area contributed by atoms with Crippen LogP contribution in [0.5, 0.6) is 0 Å². The Morgan fingerprint density at radius 1 is 1.15 bits per heavy atom. The van der Waals surface area contributed by atoms with E-state index in [1.54, 1.807) is 0 Å². The largest absolute Gasteiger partial charge is 0.390 e. The molecule has 0 spiro atoms. The number of hydrogen-bond acceptors (Lipinski definition) is 1. The number of alkyl halides is 2. The van der Waals surface area contributed by atoms with Crippen LogP contribution in [0.2, 0.25) is 0 Å². The van der Waals surface area contributed by atoms with Gasteiger partial charge in [0.15, 0.2) is 0 Å². The van der Waals surface area contributed by atoms with Crippen LogP contribution in [0.15, 0.2) is 30.3 Å². The number of aryl methyl sites for hydroxylation is 1. The zero-order chi connectivity index (χ0) is 9.68. The third-order valence-corrected chi connectivity index (χ3v) is 2.44. The zero-order valence-electron chi connectivity index (χ0n) is 7.16. The van der Waals surface area contributed by atoms with Crippen LogP contribution in [0, 0.1) is 0 Å². The molecule has 0 bridgehead atoms. The van der Waals surface area contributed by atoms with Crippen molar-refractivity contribution in [3.8, 4) is 0 Å². The topological polar surface area (TPSA) is 20.2 Å². The average molecular weight is 219 g/mol. The summed E-state index contributed by atoms with van der Waals surface area (Å²) in [6.45, 7) is 0. The van der Waals surface area contributed by atoms with E-state index in [1.165, 1.54) is 5.56 Å². The van der Waals surface area contributed by atoms with Crippen LogP contribution >= 0.6 is 23.2 Å². The first-order valence-corrected chi connectivity index (χ1v) is 5.07. The van der Waals surface area contributed by atoms with Gasteiger partial charge >= 0.3 is 0 Å². The molecule has 13 heavy (non-hydrogen) atoms. The first kappa shape index (κ1) is 10.8. The van der Waals surface area contributed by atoms with Gasteiger partial charge in [-0.3, -0.25) is 0 Å². The molecule has 1 aromatic carbocycles. The minimum absolute atomic E-state index is 0.599. The maximum absolute atomic E-state index is 9.32. The Morgan fingerprint density at radius 3 is 2.31 bits per heavy atom. The zero-order valence-corrected chi connectivity index (χ0v) is 8.67. The number of halogens is 2. The van der Waals surface area contributed by atoms with Crippen molar-refractivity contribution in [2.45, 2.75) is 23.8 Å². The second-order valence-electron chi connectivity index (χ2n) is 2.93. The molecule has 1 atom stereocenters. The van der Waals surface area contributed by atoms with Crippen molar-refractivity contribution < 1.29 is 5.11 Å². The molecule has 0 aliphatic carbocycles. The van der Waals surface area contributed by atoms with Crippen molar-refractivity contribution >= 4 is 23.2 Å². The Morgan fingerprint density at radius 2 is 1.77 bits per heavy atom. The summed E-state index contributed by atoms with van der Waals surface area (Å²) in [5, 5.41) is 9.32. The van der Waals surface area contributed by atoms with Gasteiger partial charge in [0.25, 0.3) is 0 Å². The number of benzene rings is 1. The predicted octanol–water partition coefficient (Wildman–Crippen LogP) is 2.78. The molecule has 0 saturated heterocycles. The monoisotopic (exact) mass is 218 g/mol. The molecule has 1 N–H and O–H groups in total. The van der Waals surface area contributed by atoms with Gasteiger partial charge in [0.05, 0.1) is 6.10 Å². The Kier molecular flexibility index (Phi) is 4.57. The van der Waals surface area contributed by atoms with Gasteiger partial charge in [0.2, 0.25) is 0 Å². The molecule has 0 aliphatic rings. The van der Waals surface area contributed by atoms with Gasteiger partial charge in [-0.05, 0) is 18.4 Å². The van der Waals surface area contributed by atoms with Gasteiger partial charge in [-0.15, -0.1) is 23.2 Å². The molecule has 3 heteroatoms. The smallest absolute Gasteiger partial charge is 0.133 e. The molecule has 0 fully saturated rings. The van der Waals surface area contributed by atoms with Gasteiger partial charge in [-0.1, -0.05) is 30.3 Å². The SMILES string of the molecule is OC(CCc1ccccc1)C(Cl)Cl. The molecule has 0 radical (unpaired) electrons. The predicted molar refractivity (Wildman–Crippen MR) is 56.3 cm³/mol. The van der Waals surface area contributed by atoms with E-state index in [0.29, 0.717) is 6.42 Å². The minimum atomic E-state index is -0.691. The molecule has 0 aliphatic heterocycles. The van der Waals surface area contributed by atoms with Crippen molar-refractivity contribution in [1.82, 2.24) is 0 Å². The Bertz CT molecular complexity index is 236. The van der Waals surface area contributed by atoms with E-state index in [2.05, 4.69) is 0 Å². The van der Waals surface area contributed by atoms with E-state index >= 15 is 0 Å². The Hall–Kier alpha value is -0.240. The van der Waals surface area contributed by atoms with Gasteiger partial charge < -0.3 is 5.11 Å². The summed E-state index contributed by atoms with van der Waals surface area (Å²) in [4.78, 5) is -0.691. The standard InChI is InChI=1S/C10H12Cl2O/c11-10(12)9(13)7-6-8-4-2-1-3-5-8/h1-5,9-10,13H,6-7H2. The number of hydrogen-bond donors (Lipinski definition) is 1. The lowest BCUT2D eigenvalue weighted by molar-refractivity contribution is 0.179. The molecular formula is C10H12Cl2O. The minimum Gasteiger partial charge on any atom is -0.390 e. The van der Waals surface area contributed by atoms with Crippen molar-refractivity contribution in [1.29, 1.82) is 0 Å². The highest BCUT2D eigenvalue weighted by Crippen LogP contribution is 2.13. The Balaban J connectivity index is 2.35. The third-order valence-electron chi connectivity index (χ3n) is 1.86. The third kappa shape index (κ3) is 3.99. The van der Waals surface area contributed by atoms with Crippen molar-refractivity contribution in [3.05, 3.63) is 35.9 Å². The van der Waals surface area contributed by atoms with Crippen LogP contribution < -0.4 is 0 Å². The first-order valence-electron chi connectivity index (χ1n) is 4.20. The molecular weight excluding hydrogens is 207 g/mol. The average Bonchev–Trinajstić information content (AvgIpc) is 2.15. The van der Waals surface area contributed by atoms with Crippen molar-refractivity contribution in [3.63, 3.8) is 0 Å². The number of aliphatic hydroxyl groups excluding tert-OH is 1. The summed E-state index contributed by atoms with van der Waals surface area (Å²) in [7, 11) is 0. The summed E-state index contributed by atoms with van der Waals surface area (Å²) < 4.78 is 0. The molecule has 1 unspecified atom stereocenters. The highest BCUT2D eigenvalue weighted by molar-refractivity contribution is 6.44. The van der Waals surface area contributed by atoms with Crippen LogP contribution in [0.3, 0.4) is 0 Å². The maximum atomic E-state index is 9.32. The number of aliphatic hydroxyl groups is 1. The first-order chi connectivity index (χ1) is 6.20. The van der Waals surface area contributed by atoms with Crippen molar-refractivity contribution in [2.75, 3.05) is 0 Å². The Labute approximate surface area is 88.3 Å². The van der Waals surface area contributed by atoms with E-state index in [0.717, 1.165) is 6.42 Å². The molecule has 1 nitrogen and oxygen atoms in total. The fraction of sp³-hybridized carbons (Fsp3) is 0.400. The molecule has 0 aromatic heterocycles. The normalized spacial score (nSPS) is 13.2. The van der Waals surface area contributed by atoms with Crippen LogP contribution in [0.25, 0.3) is 0 Å². The fourth-order valence-electron chi connectivity index (χ4n) is 1.09. The van der Waals surface area contributed by atoms with Gasteiger partial charge in [0, 0.05) is 0 Å². The highest BCUT2D eigenvalue weighted by Gasteiger charge is 2.12. The lowest BCUT2D eigenvalue weighted by Gasteiger charge is -2.10. The second kappa shape index (κ2) is 5.48. The lowest BCUT2D eigenvalue weighted by Crippen LogP contribution is -2.16. The van der Waals surface area contributed by atoms with E-state index < -0.39 is 10.9 Å². The molecule has 0 amide bonds. The highest BCUT2D eigenvalue weighted by atomic mass is 35.5. The maximum Gasteiger partial charge on any atom is 0.133 e. The molecule has 1 aromatic rings. The molecule has 1 rings (SSSR count). The lowest BCUT2D eigenvalue weighted by atomic mass is 10.1. The quantitative estimate of drug-likeness (QED) is 0.772. The molecule has 0 saturated carbocycles. The van der Waals surface area contributed by atoms with E-state index in [1.807, 2.05) is 30.3 Å². The van der Waals surface area contributed by atoms with Crippen LogP contribution in [-0.2, 0) is 6.42 Å². The summed E-state index contributed by atoms with van der Waals surface area (Å²) >= 11 is 11.0. The van der Waals surface area contributed by atoms with Crippen LogP contribution in [0.1, 0.15) is 12.0 Å². The summed E-state index contributed by atoms with van der Waals surface area (Å²) in [6.07, 6.45) is 0.767. The summed E-state index contributed by atoms with van der Waals surface area (Å²) in [5.74, 6) is 0. The summed E-state index contributed by atoms with van der Waals surface area (Å²) in [6, 6.07) is 9.95. The second-order valence-corrected chi connectivity index (χ2v) is 4.09.